The summed E-state index contributed by atoms with van der Waals surface area (Å²) in [4.78, 5) is 52.0. The molecule has 0 saturated heterocycles. The van der Waals surface area contributed by atoms with Crippen LogP contribution in [-0.2, 0) is 13.0 Å². The van der Waals surface area contributed by atoms with Crippen molar-refractivity contribution in [1.82, 2.24) is 24.8 Å². The Balaban J connectivity index is 1.79. The van der Waals surface area contributed by atoms with Gasteiger partial charge in [-0.3, -0.25) is 14.4 Å². The number of rotatable bonds is 6. The second kappa shape index (κ2) is 10.9. The number of carbonyl (C=O) groups is 2. The Morgan fingerprint density at radius 2 is 1.86 bits per heavy atom. The monoisotopic (exact) mass is 542 g/mol. The van der Waals surface area contributed by atoms with Crippen LogP contribution < -0.4 is 15.8 Å². The molecule has 1 aliphatic heterocycles. The number of benzene rings is 1. The Morgan fingerprint density at radius 1 is 1.14 bits per heavy atom. The van der Waals surface area contributed by atoms with E-state index in [9.17, 15) is 14.4 Å². The summed E-state index contributed by atoms with van der Waals surface area (Å²) in [6.45, 7) is 7.29. The summed E-state index contributed by atoms with van der Waals surface area (Å²) in [6, 6.07) is 7.81. The van der Waals surface area contributed by atoms with E-state index in [1.54, 1.807) is 35.2 Å². The molecule has 0 saturated carbocycles. The molecule has 194 valence electrons. The Labute approximate surface area is 225 Å². The number of hydrogen-bond acceptors (Lipinski definition) is 6. The predicted octanol–water partition coefficient (Wildman–Crippen LogP) is 3.73. The first-order valence-electron chi connectivity index (χ1n) is 12.0. The van der Waals surface area contributed by atoms with Crippen molar-refractivity contribution < 1.29 is 9.59 Å². The van der Waals surface area contributed by atoms with Crippen LogP contribution in [0.4, 0.5) is 5.95 Å². The fraction of sp³-hybridized carbons (Fsp3) is 0.346. The number of amides is 2. The largest absolute Gasteiger partial charge is 0.354 e. The first kappa shape index (κ1) is 26.6. The smallest absolute Gasteiger partial charge is 0.269 e. The molecule has 3 aromatic rings. The summed E-state index contributed by atoms with van der Waals surface area (Å²) >= 11 is 12.2. The van der Waals surface area contributed by atoms with Gasteiger partial charge in [-0.15, -0.1) is 0 Å². The van der Waals surface area contributed by atoms with Crippen LogP contribution in [0.1, 0.15) is 52.9 Å². The molecule has 1 atom stereocenters. The van der Waals surface area contributed by atoms with Crippen molar-refractivity contribution >= 4 is 41.0 Å². The zero-order valence-corrected chi connectivity index (χ0v) is 22.6. The minimum Gasteiger partial charge on any atom is -0.354 e. The molecule has 37 heavy (non-hydrogen) atoms. The summed E-state index contributed by atoms with van der Waals surface area (Å²) < 4.78 is 1.54. The first-order chi connectivity index (χ1) is 17.7. The van der Waals surface area contributed by atoms with Gasteiger partial charge in [0.05, 0.1) is 34.2 Å². The van der Waals surface area contributed by atoms with Crippen molar-refractivity contribution in [2.75, 3.05) is 25.0 Å². The highest BCUT2D eigenvalue weighted by Crippen LogP contribution is 2.28. The van der Waals surface area contributed by atoms with Crippen LogP contribution in [0, 0.1) is 0 Å². The average molecular weight is 543 g/mol. The van der Waals surface area contributed by atoms with Crippen LogP contribution in [-0.4, -0.2) is 57.4 Å². The lowest BCUT2D eigenvalue weighted by Gasteiger charge is -2.35. The van der Waals surface area contributed by atoms with Crippen molar-refractivity contribution in [2.45, 2.75) is 39.8 Å². The topological polar surface area (TPSA) is 100 Å². The molecule has 2 aromatic heterocycles. The molecular formula is C26H28Cl2N6O3. The summed E-state index contributed by atoms with van der Waals surface area (Å²) in [5.41, 5.74) is 2.08. The van der Waals surface area contributed by atoms with E-state index < -0.39 is 0 Å². The highest BCUT2D eigenvalue weighted by atomic mass is 35.5. The van der Waals surface area contributed by atoms with Crippen LogP contribution in [0.25, 0.3) is 5.69 Å². The maximum absolute atomic E-state index is 13.9. The third kappa shape index (κ3) is 5.06. The summed E-state index contributed by atoms with van der Waals surface area (Å²) in [5.74, 6) is -0.0622. The van der Waals surface area contributed by atoms with E-state index in [2.05, 4.69) is 10.3 Å². The zero-order chi connectivity index (χ0) is 26.9. The van der Waals surface area contributed by atoms with Gasteiger partial charge >= 0.3 is 0 Å². The molecule has 0 spiro atoms. The SMILES string of the molecule is CCN(CC)c1nc2c(c(=O)n1-c1ccc(C(=O)NC)nc1)C[C@@H](C)N(C(=O)c1ccc(Cl)c(Cl)c1)C2. The van der Waals surface area contributed by atoms with Gasteiger partial charge in [-0.05, 0) is 57.5 Å². The van der Waals surface area contributed by atoms with Gasteiger partial charge < -0.3 is 15.1 Å². The predicted molar refractivity (Wildman–Crippen MR) is 144 cm³/mol. The molecule has 0 aliphatic carbocycles. The highest BCUT2D eigenvalue weighted by Gasteiger charge is 2.32. The number of fused-ring (bicyclic) bond motifs is 1. The van der Waals surface area contributed by atoms with Crippen molar-refractivity contribution in [3.05, 3.63) is 79.4 Å². The van der Waals surface area contributed by atoms with Crippen LogP contribution in [0.2, 0.25) is 10.0 Å². The van der Waals surface area contributed by atoms with E-state index >= 15 is 0 Å². The van der Waals surface area contributed by atoms with Gasteiger partial charge in [0.25, 0.3) is 17.4 Å². The van der Waals surface area contributed by atoms with Crippen LogP contribution in [0.15, 0.2) is 41.3 Å². The molecular weight excluding hydrogens is 515 g/mol. The fourth-order valence-corrected chi connectivity index (χ4v) is 4.74. The van der Waals surface area contributed by atoms with Gasteiger partial charge in [0, 0.05) is 37.3 Å². The molecule has 3 heterocycles. The lowest BCUT2D eigenvalue weighted by Crippen LogP contribution is -2.46. The van der Waals surface area contributed by atoms with Crippen molar-refractivity contribution in [3.63, 3.8) is 0 Å². The molecule has 4 rings (SSSR count). The molecule has 0 radical (unpaired) electrons. The van der Waals surface area contributed by atoms with Gasteiger partial charge in [-0.1, -0.05) is 23.2 Å². The van der Waals surface area contributed by atoms with Crippen LogP contribution >= 0.6 is 23.2 Å². The Morgan fingerprint density at radius 3 is 2.46 bits per heavy atom. The third-order valence-electron chi connectivity index (χ3n) is 6.54. The molecule has 0 fully saturated rings. The Hall–Kier alpha value is -3.43. The standard InChI is InChI=1S/C26H28Cl2N6O3/c1-5-32(6-2)26-31-22-14-33(24(36)16-7-9-19(27)20(28)12-16)15(3)11-18(22)25(37)34(26)17-8-10-21(30-13-17)23(35)29-4/h7-10,12-13,15H,5-6,11,14H2,1-4H3,(H,29,35)/t15-/m1/s1. The quantitative estimate of drug-likeness (QED) is 0.509. The average Bonchev–Trinajstić information content (AvgIpc) is 2.90. The Kier molecular flexibility index (Phi) is 7.85. The lowest BCUT2D eigenvalue weighted by molar-refractivity contribution is 0.0653. The van der Waals surface area contributed by atoms with E-state index in [0.717, 1.165) is 0 Å². The number of halogens is 2. The fourth-order valence-electron chi connectivity index (χ4n) is 4.45. The number of nitrogens with zero attached hydrogens (tertiary/aromatic N) is 5. The van der Waals surface area contributed by atoms with E-state index in [-0.39, 0.29) is 35.7 Å². The van der Waals surface area contributed by atoms with E-state index in [1.807, 2.05) is 25.7 Å². The van der Waals surface area contributed by atoms with Gasteiger partial charge in [-0.25, -0.2) is 14.5 Å². The summed E-state index contributed by atoms with van der Waals surface area (Å²) in [6.07, 6.45) is 1.84. The number of carbonyl (C=O) groups excluding carboxylic acids is 2. The number of anilines is 1. The van der Waals surface area contributed by atoms with E-state index in [0.29, 0.717) is 58.0 Å². The zero-order valence-electron chi connectivity index (χ0n) is 21.1. The molecule has 1 N–H and O–H groups in total. The van der Waals surface area contributed by atoms with E-state index in [4.69, 9.17) is 28.2 Å². The normalized spacial score (nSPS) is 14.8. The van der Waals surface area contributed by atoms with Crippen molar-refractivity contribution in [2.24, 2.45) is 0 Å². The maximum atomic E-state index is 13.9. The number of nitrogens with one attached hydrogen (secondary N) is 1. The minimum atomic E-state index is -0.313. The van der Waals surface area contributed by atoms with Gasteiger partial charge in [0.15, 0.2) is 0 Å². The molecule has 1 aromatic carbocycles. The van der Waals surface area contributed by atoms with E-state index in [1.165, 1.54) is 17.8 Å². The van der Waals surface area contributed by atoms with Gasteiger partial charge in [0.1, 0.15) is 5.69 Å². The molecule has 0 bridgehead atoms. The van der Waals surface area contributed by atoms with Crippen LogP contribution in [0.5, 0.6) is 0 Å². The minimum absolute atomic E-state index is 0.188. The number of hydrogen-bond donors (Lipinski definition) is 1. The molecule has 2 amide bonds. The molecule has 9 nitrogen and oxygen atoms in total. The van der Waals surface area contributed by atoms with Gasteiger partial charge in [0.2, 0.25) is 5.95 Å². The number of aromatic nitrogens is 3. The lowest BCUT2D eigenvalue weighted by atomic mass is 9.98. The highest BCUT2D eigenvalue weighted by molar-refractivity contribution is 6.42. The van der Waals surface area contributed by atoms with Crippen molar-refractivity contribution in [3.8, 4) is 5.69 Å². The van der Waals surface area contributed by atoms with Crippen molar-refractivity contribution in [1.29, 1.82) is 0 Å². The third-order valence-corrected chi connectivity index (χ3v) is 7.27. The second-order valence-corrected chi connectivity index (χ2v) is 9.56. The summed E-state index contributed by atoms with van der Waals surface area (Å²) in [5, 5.41) is 3.22. The second-order valence-electron chi connectivity index (χ2n) is 8.75. The molecule has 11 heteroatoms. The van der Waals surface area contributed by atoms with Crippen LogP contribution in [0.3, 0.4) is 0 Å². The summed E-state index contributed by atoms with van der Waals surface area (Å²) in [7, 11) is 1.53. The first-order valence-corrected chi connectivity index (χ1v) is 12.8. The Bertz CT molecular complexity index is 1400. The molecule has 0 unspecified atom stereocenters. The van der Waals surface area contributed by atoms with Gasteiger partial charge in [-0.2, -0.15) is 0 Å². The number of pyridine rings is 1. The molecule has 1 aliphatic rings. The maximum Gasteiger partial charge on any atom is 0.269 e.